The van der Waals surface area contributed by atoms with Crippen molar-refractivity contribution in [1.82, 2.24) is 5.32 Å². The molecule has 0 rings (SSSR count). The zero-order valence-electron chi connectivity index (χ0n) is 29.6. The van der Waals surface area contributed by atoms with E-state index in [9.17, 15) is 19.5 Å². The Kier molecular flexibility index (Phi) is 31.8. The first-order valence-electron chi connectivity index (χ1n) is 18.3. The molecule has 0 heterocycles. The van der Waals surface area contributed by atoms with Crippen LogP contribution in [0.3, 0.4) is 0 Å². The van der Waals surface area contributed by atoms with Gasteiger partial charge in [0.2, 0.25) is 5.91 Å². The molecule has 0 bridgehead atoms. The van der Waals surface area contributed by atoms with Gasteiger partial charge in [0.05, 0.1) is 0 Å². The van der Waals surface area contributed by atoms with Crippen LogP contribution in [0, 0.1) is 0 Å². The quantitative estimate of drug-likeness (QED) is 0.0389. The SMILES string of the molecule is CC/C=C\C/C=C\C/C=C\C/C=C\C/C=C\CCCCCC(=O)OC(/C=C\CCC)CCCCCCC(=O)NC(CCCN)C(=O)O. The van der Waals surface area contributed by atoms with E-state index in [1.54, 1.807) is 0 Å². The van der Waals surface area contributed by atoms with Gasteiger partial charge in [-0.15, -0.1) is 0 Å². The number of hydrogen-bond donors (Lipinski definition) is 3. The summed E-state index contributed by atoms with van der Waals surface area (Å²) in [6.45, 7) is 4.67. The minimum absolute atomic E-state index is 0.134. The van der Waals surface area contributed by atoms with Gasteiger partial charge in [0, 0.05) is 12.8 Å². The number of carboxylic acids is 1. The average molecular weight is 655 g/mol. The summed E-state index contributed by atoms with van der Waals surface area (Å²) in [7, 11) is 0. The highest BCUT2D eigenvalue weighted by Gasteiger charge is 2.18. The predicted octanol–water partition coefficient (Wildman–Crippen LogP) is 9.61. The Morgan fingerprint density at radius 3 is 1.83 bits per heavy atom. The van der Waals surface area contributed by atoms with E-state index in [1.807, 2.05) is 6.08 Å². The topological polar surface area (TPSA) is 119 Å². The Labute approximate surface area is 286 Å². The second kappa shape index (κ2) is 34.2. The summed E-state index contributed by atoms with van der Waals surface area (Å²) in [5, 5.41) is 11.8. The Morgan fingerprint density at radius 1 is 0.660 bits per heavy atom. The molecule has 0 aromatic heterocycles. The third-order valence-electron chi connectivity index (χ3n) is 7.47. The van der Waals surface area contributed by atoms with Gasteiger partial charge in [0.1, 0.15) is 12.1 Å². The molecule has 0 spiro atoms. The number of nitrogens with one attached hydrogen (secondary N) is 1. The van der Waals surface area contributed by atoms with Gasteiger partial charge in [-0.1, -0.05) is 106 Å². The number of allylic oxidation sites excluding steroid dienone is 11. The molecule has 0 aliphatic carbocycles. The lowest BCUT2D eigenvalue weighted by Crippen LogP contribution is -2.40. The highest BCUT2D eigenvalue weighted by Crippen LogP contribution is 2.14. The fraction of sp³-hybridized carbons (Fsp3) is 0.625. The monoisotopic (exact) mass is 654 g/mol. The van der Waals surface area contributed by atoms with E-state index >= 15 is 0 Å². The average Bonchev–Trinajstić information content (AvgIpc) is 3.05. The number of esters is 1. The molecule has 0 fully saturated rings. The van der Waals surface area contributed by atoms with Crippen LogP contribution < -0.4 is 11.1 Å². The van der Waals surface area contributed by atoms with Crippen LogP contribution in [0.1, 0.15) is 142 Å². The third-order valence-corrected chi connectivity index (χ3v) is 7.47. The molecule has 0 saturated carbocycles. The summed E-state index contributed by atoms with van der Waals surface area (Å²) in [6, 6.07) is -0.875. The lowest BCUT2D eigenvalue weighted by molar-refractivity contribution is -0.147. The first kappa shape index (κ1) is 43.8. The number of nitrogens with two attached hydrogens (primary N) is 1. The molecule has 0 aliphatic rings. The molecule has 1 amide bonds. The highest BCUT2D eigenvalue weighted by molar-refractivity contribution is 5.83. The summed E-state index contributed by atoms with van der Waals surface area (Å²) in [6.07, 6.45) is 42.8. The molecule has 47 heavy (non-hydrogen) atoms. The van der Waals surface area contributed by atoms with Gasteiger partial charge in [0.25, 0.3) is 0 Å². The van der Waals surface area contributed by atoms with Gasteiger partial charge >= 0.3 is 11.9 Å². The van der Waals surface area contributed by atoms with E-state index < -0.39 is 12.0 Å². The molecule has 2 unspecified atom stereocenters. The van der Waals surface area contributed by atoms with E-state index in [0.29, 0.717) is 38.6 Å². The van der Waals surface area contributed by atoms with E-state index in [-0.39, 0.29) is 18.0 Å². The predicted molar refractivity (Wildman–Crippen MR) is 197 cm³/mol. The van der Waals surface area contributed by atoms with Crippen molar-refractivity contribution in [2.45, 2.75) is 154 Å². The summed E-state index contributed by atoms with van der Waals surface area (Å²) in [5.41, 5.74) is 5.45. The minimum Gasteiger partial charge on any atom is -0.480 e. The van der Waals surface area contributed by atoms with Crippen molar-refractivity contribution in [3.8, 4) is 0 Å². The van der Waals surface area contributed by atoms with Crippen LogP contribution in [-0.4, -0.2) is 41.6 Å². The Morgan fingerprint density at radius 2 is 1.23 bits per heavy atom. The van der Waals surface area contributed by atoms with Crippen molar-refractivity contribution in [3.05, 3.63) is 72.9 Å². The largest absolute Gasteiger partial charge is 0.480 e. The molecule has 0 radical (unpaired) electrons. The Bertz CT molecular complexity index is 964. The van der Waals surface area contributed by atoms with Crippen LogP contribution >= 0.6 is 0 Å². The van der Waals surface area contributed by atoms with Crippen LogP contribution in [0.5, 0.6) is 0 Å². The number of carbonyl (C=O) groups excluding carboxylic acids is 2. The maximum Gasteiger partial charge on any atom is 0.326 e. The maximum atomic E-state index is 12.5. The summed E-state index contributed by atoms with van der Waals surface area (Å²) in [5.74, 6) is -1.39. The normalized spacial score (nSPS) is 13.6. The highest BCUT2D eigenvalue weighted by atomic mass is 16.5. The van der Waals surface area contributed by atoms with Crippen molar-refractivity contribution in [2.75, 3.05) is 6.54 Å². The minimum atomic E-state index is -1.02. The van der Waals surface area contributed by atoms with E-state index in [4.69, 9.17) is 10.5 Å². The van der Waals surface area contributed by atoms with Crippen molar-refractivity contribution in [3.63, 3.8) is 0 Å². The van der Waals surface area contributed by atoms with E-state index in [2.05, 4.69) is 86.0 Å². The van der Waals surface area contributed by atoms with Crippen LogP contribution in [0.4, 0.5) is 0 Å². The molecule has 2 atom stereocenters. The van der Waals surface area contributed by atoms with Gasteiger partial charge in [-0.2, -0.15) is 0 Å². The lowest BCUT2D eigenvalue weighted by Gasteiger charge is -2.15. The van der Waals surface area contributed by atoms with Crippen LogP contribution in [0.2, 0.25) is 0 Å². The number of amides is 1. The van der Waals surface area contributed by atoms with Gasteiger partial charge < -0.3 is 20.9 Å². The van der Waals surface area contributed by atoms with Crippen molar-refractivity contribution in [1.29, 1.82) is 0 Å². The zero-order valence-corrected chi connectivity index (χ0v) is 29.6. The second-order valence-electron chi connectivity index (χ2n) is 11.9. The van der Waals surface area contributed by atoms with Gasteiger partial charge in [-0.25, -0.2) is 4.79 Å². The fourth-order valence-electron chi connectivity index (χ4n) is 4.74. The molecule has 0 saturated heterocycles. The molecule has 7 heteroatoms. The van der Waals surface area contributed by atoms with Crippen molar-refractivity contribution >= 4 is 17.8 Å². The maximum absolute atomic E-state index is 12.5. The molecule has 7 nitrogen and oxygen atoms in total. The fourth-order valence-corrected chi connectivity index (χ4v) is 4.74. The van der Waals surface area contributed by atoms with Gasteiger partial charge in [-0.3, -0.25) is 9.59 Å². The molecule has 4 N–H and O–H groups in total. The van der Waals surface area contributed by atoms with Crippen LogP contribution in [0.25, 0.3) is 0 Å². The van der Waals surface area contributed by atoms with E-state index in [0.717, 1.165) is 96.3 Å². The Balaban J connectivity index is 4.08. The van der Waals surface area contributed by atoms with Gasteiger partial charge in [0.15, 0.2) is 0 Å². The first-order valence-corrected chi connectivity index (χ1v) is 18.3. The molecule has 0 aromatic carbocycles. The molecular formula is C40H66N2O5. The number of aliphatic carboxylic acids is 1. The van der Waals surface area contributed by atoms with Crippen LogP contribution in [-0.2, 0) is 19.1 Å². The number of rotatable bonds is 31. The molecule has 0 aliphatic heterocycles. The standard InChI is InChI=1S/C40H66N2O5/c1-3-5-7-8-9-10-11-12-13-14-15-16-17-18-19-20-21-22-28-34-39(44)47-36(30-25-6-4-2)31-26-23-24-27-33-38(43)42-37(40(45)46)32-29-35-41/h5,7,9-10,12-13,15-16,18-19,25,30,36-37H,3-4,6,8,11,14,17,20-24,26-29,31-35,41H2,1-2H3,(H,42,43)(H,45,46)/b7-5-,10-9-,13-12-,16-15-,19-18-,30-25-. The lowest BCUT2D eigenvalue weighted by atomic mass is 10.1. The van der Waals surface area contributed by atoms with Crippen molar-refractivity contribution < 1.29 is 24.2 Å². The van der Waals surface area contributed by atoms with Crippen molar-refractivity contribution in [2.24, 2.45) is 5.73 Å². The second-order valence-corrected chi connectivity index (χ2v) is 11.9. The van der Waals surface area contributed by atoms with Crippen LogP contribution in [0.15, 0.2) is 72.9 Å². The number of hydrogen-bond acceptors (Lipinski definition) is 5. The smallest absolute Gasteiger partial charge is 0.326 e. The zero-order chi connectivity index (χ0) is 34.6. The summed E-state index contributed by atoms with van der Waals surface area (Å²) >= 11 is 0. The molecule has 266 valence electrons. The number of carbonyl (C=O) groups is 3. The first-order chi connectivity index (χ1) is 22.9. The van der Waals surface area contributed by atoms with E-state index in [1.165, 1.54) is 0 Å². The van der Waals surface area contributed by atoms with Gasteiger partial charge in [-0.05, 0) is 103 Å². The number of ether oxygens (including phenoxy) is 1. The number of unbranched alkanes of at least 4 members (excludes halogenated alkanes) is 7. The Hall–Kier alpha value is -3.19. The number of carboxylic acid groups (broad SMARTS) is 1. The molecule has 0 aromatic rings. The summed E-state index contributed by atoms with van der Waals surface area (Å²) < 4.78 is 5.79. The third kappa shape index (κ3) is 31.2. The summed E-state index contributed by atoms with van der Waals surface area (Å²) in [4.78, 5) is 35.9. The molecular weight excluding hydrogens is 588 g/mol.